The maximum Gasteiger partial charge on any atom is 0.354 e. The first-order valence-corrected chi connectivity index (χ1v) is 8.88. The zero-order chi connectivity index (χ0) is 18.8. The van der Waals surface area contributed by atoms with Gasteiger partial charge in [0.15, 0.2) is 0 Å². The lowest BCUT2D eigenvalue weighted by atomic mass is 9.93. The largest absolute Gasteiger partial charge is 0.477 e. The fourth-order valence-corrected chi connectivity index (χ4v) is 3.33. The minimum absolute atomic E-state index is 0.236. The van der Waals surface area contributed by atoms with Gasteiger partial charge >= 0.3 is 5.97 Å². The molecule has 0 saturated heterocycles. The predicted molar refractivity (Wildman–Crippen MR) is 101 cm³/mol. The van der Waals surface area contributed by atoms with Crippen molar-refractivity contribution in [1.82, 2.24) is 19.7 Å². The number of anilines is 2. The number of hydrogen-bond acceptors (Lipinski definition) is 6. The van der Waals surface area contributed by atoms with Crippen LogP contribution in [0.25, 0.3) is 11.4 Å². The molecule has 0 aliphatic heterocycles. The Balaban J connectivity index is 1.75. The Bertz CT molecular complexity index is 983. The highest BCUT2D eigenvalue weighted by Gasteiger charge is 2.29. The summed E-state index contributed by atoms with van der Waals surface area (Å²) in [7, 11) is 0. The van der Waals surface area contributed by atoms with E-state index in [1.165, 1.54) is 0 Å². The van der Waals surface area contributed by atoms with E-state index in [-0.39, 0.29) is 5.69 Å². The van der Waals surface area contributed by atoms with Crippen molar-refractivity contribution in [2.24, 2.45) is 5.73 Å². The molecule has 2 heterocycles. The first-order chi connectivity index (χ1) is 13.2. The first kappa shape index (κ1) is 17.2. The van der Waals surface area contributed by atoms with Gasteiger partial charge in [0.25, 0.3) is 0 Å². The van der Waals surface area contributed by atoms with Gasteiger partial charge in [-0.15, -0.1) is 0 Å². The fourth-order valence-electron chi connectivity index (χ4n) is 3.33. The summed E-state index contributed by atoms with van der Waals surface area (Å²) in [6.45, 7) is 0.953. The van der Waals surface area contributed by atoms with Crippen molar-refractivity contribution in [2.45, 2.75) is 25.8 Å². The molecule has 0 unspecified atom stereocenters. The Kier molecular flexibility index (Phi) is 4.55. The number of nitrogens with zero attached hydrogens (tertiary/aromatic N) is 4. The number of hydrogen-bond donors (Lipinski definition) is 3. The summed E-state index contributed by atoms with van der Waals surface area (Å²) >= 11 is 0. The number of nitrogens with one attached hydrogen (secondary N) is 1. The standard InChI is InChI=1S/C19H20N6O2/c20-9-4-10-25-17(18(26)27)14-8-7-12-11-21-19(23-15(12)16(14)24-25)22-13-5-2-1-3-6-13/h1-3,5-6,11H,4,7-10,20H2,(H,26,27)(H,21,22,23). The number of nitrogens with two attached hydrogens (primary N) is 1. The number of aromatic carboxylic acids is 1. The number of aryl methyl sites for hydroxylation is 2. The monoisotopic (exact) mass is 364 g/mol. The lowest BCUT2D eigenvalue weighted by Crippen LogP contribution is -2.14. The van der Waals surface area contributed by atoms with Crippen LogP contribution in [0.2, 0.25) is 0 Å². The molecule has 0 bridgehead atoms. The van der Waals surface area contributed by atoms with Gasteiger partial charge in [-0.1, -0.05) is 18.2 Å². The molecule has 8 heteroatoms. The van der Waals surface area contributed by atoms with Crippen LogP contribution in [0, 0.1) is 0 Å². The summed E-state index contributed by atoms with van der Waals surface area (Å²) in [5.74, 6) is -0.512. The molecule has 0 saturated carbocycles. The van der Waals surface area contributed by atoms with Crippen molar-refractivity contribution in [2.75, 3.05) is 11.9 Å². The number of benzene rings is 1. The highest BCUT2D eigenvalue weighted by Crippen LogP contribution is 2.34. The van der Waals surface area contributed by atoms with Gasteiger partial charge in [-0.05, 0) is 43.5 Å². The molecule has 8 nitrogen and oxygen atoms in total. The highest BCUT2D eigenvalue weighted by atomic mass is 16.4. The SMILES string of the molecule is NCCCn1nc2c(c1C(=O)O)CCc1cnc(Nc3ccccc3)nc1-2. The maximum atomic E-state index is 11.8. The molecular weight excluding hydrogens is 344 g/mol. The van der Waals surface area contributed by atoms with Crippen LogP contribution in [-0.4, -0.2) is 37.4 Å². The van der Waals surface area contributed by atoms with Crippen molar-refractivity contribution in [3.8, 4) is 11.4 Å². The Morgan fingerprint density at radius 3 is 2.78 bits per heavy atom. The zero-order valence-electron chi connectivity index (χ0n) is 14.7. The minimum Gasteiger partial charge on any atom is -0.477 e. The Morgan fingerprint density at radius 1 is 1.22 bits per heavy atom. The van der Waals surface area contributed by atoms with E-state index in [0.29, 0.717) is 49.7 Å². The summed E-state index contributed by atoms with van der Waals surface area (Å²) in [6.07, 6.45) is 3.76. The molecule has 1 aromatic carbocycles. The topological polar surface area (TPSA) is 119 Å². The smallest absolute Gasteiger partial charge is 0.354 e. The Hall–Kier alpha value is -3.26. The molecule has 1 aliphatic carbocycles. The van der Waals surface area contributed by atoms with Gasteiger partial charge in [0.2, 0.25) is 5.95 Å². The molecule has 0 radical (unpaired) electrons. The van der Waals surface area contributed by atoms with E-state index in [1.54, 1.807) is 10.9 Å². The fraction of sp³-hybridized carbons (Fsp3) is 0.263. The van der Waals surface area contributed by atoms with Crippen molar-refractivity contribution >= 4 is 17.6 Å². The predicted octanol–water partition coefficient (Wildman–Crippen LogP) is 2.23. The van der Waals surface area contributed by atoms with Crippen LogP contribution in [0.15, 0.2) is 36.5 Å². The van der Waals surface area contributed by atoms with Gasteiger partial charge < -0.3 is 16.2 Å². The molecule has 0 spiro atoms. The quantitative estimate of drug-likeness (QED) is 0.613. The summed E-state index contributed by atoms with van der Waals surface area (Å²) in [4.78, 5) is 20.8. The third kappa shape index (κ3) is 3.26. The van der Waals surface area contributed by atoms with Gasteiger partial charge in [-0.2, -0.15) is 5.10 Å². The van der Waals surface area contributed by atoms with Crippen LogP contribution >= 0.6 is 0 Å². The third-order valence-corrected chi connectivity index (χ3v) is 4.59. The molecule has 138 valence electrons. The van der Waals surface area contributed by atoms with Gasteiger partial charge in [-0.3, -0.25) is 4.68 Å². The number of carbonyl (C=O) groups is 1. The van der Waals surface area contributed by atoms with E-state index in [0.717, 1.165) is 16.8 Å². The molecular formula is C19H20N6O2. The average molecular weight is 364 g/mol. The van der Waals surface area contributed by atoms with Crippen molar-refractivity contribution < 1.29 is 9.90 Å². The van der Waals surface area contributed by atoms with Crippen molar-refractivity contribution in [3.05, 3.63) is 53.3 Å². The van der Waals surface area contributed by atoms with Gasteiger partial charge in [-0.25, -0.2) is 14.8 Å². The molecule has 4 N–H and O–H groups in total. The van der Waals surface area contributed by atoms with Crippen LogP contribution in [0.1, 0.15) is 28.0 Å². The van der Waals surface area contributed by atoms with Gasteiger partial charge in [0.1, 0.15) is 11.4 Å². The second-order valence-corrected chi connectivity index (χ2v) is 6.40. The number of para-hydroxylation sites is 1. The van der Waals surface area contributed by atoms with Gasteiger partial charge in [0, 0.05) is 24.0 Å². The zero-order valence-corrected chi connectivity index (χ0v) is 14.7. The van der Waals surface area contributed by atoms with Crippen LogP contribution in [0.4, 0.5) is 11.6 Å². The molecule has 0 amide bonds. The van der Waals surface area contributed by atoms with E-state index in [4.69, 9.17) is 5.73 Å². The molecule has 2 aromatic heterocycles. The normalized spacial score (nSPS) is 12.3. The summed E-state index contributed by atoms with van der Waals surface area (Å²) in [6, 6.07) is 9.65. The minimum atomic E-state index is -0.971. The van der Waals surface area contributed by atoms with E-state index in [2.05, 4.69) is 20.4 Å². The first-order valence-electron chi connectivity index (χ1n) is 8.88. The average Bonchev–Trinajstić information content (AvgIpc) is 3.06. The number of aromatic nitrogens is 4. The molecule has 27 heavy (non-hydrogen) atoms. The highest BCUT2D eigenvalue weighted by molar-refractivity contribution is 5.90. The number of fused-ring (bicyclic) bond motifs is 3. The Labute approximate surface area is 156 Å². The van der Waals surface area contributed by atoms with E-state index >= 15 is 0 Å². The second-order valence-electron chi connectivity index (χ2n) is 6.40. The van der Waals surface area contributed by atoms with Crippen LogP contribution in [0.3, 0.4) is 0 Å². The number of rotatable bonds is 6. The van der Waals surface area contributed by atoms with E-state index < -0.39 is 5.97 Å². The van der Waals surface area contributed by atoms with Crippen molar-refractivity contribution in [3.63, 3.8) is 0 Å². The lowest BCUT2D eigenvalue weighted by Gasteiger charge is -2.15. The van der Waals surface area contributed by atoms with Crippen LogP contribution in [-0.2, 0) is 19.4 Å². The van der Waals surface area contributed by atoms with Crippen LogP contribution < -0.4 is 11.1 Å². The molecule has 3 aromatic rings. The number of carboxylic acid groups (broad SMARTS) is 1. The van der Waals surface area contributed by atoms with E-state index in [1.807, 2.05) is 30.3 Å². The van der Waals surface area contributed by atoms with E-state index in [9.17, 15) is 9.90 Å². The molecule has 1 aliphatic rings. The molecule has 4 rings (SSSR count). The maximum absolute atomic E-state index is 11.8. The lowest BCUT2D eigenvalue weighted by molar-refractivity contribution is 0.0681. The van der Waals surface area contributed by atoms with Gasteiger partial charge in [0.05, 0.1) is 5.69 Å². The Morgan fingerprint density at radius 2 is 2.04 bits per heavy atom. The number of carboxylic acids is 1. The van der Waals surface area contributed by atoms with Crippen LogP contribution in [0.5, 0.6) is 0 Å². The summed E-state index contributed by atoms with van der Waals surface area (Å²) < 4.78 is 1.54. The molecule has 0 fully saturated rings. The summed E-state index contributed by atoms with van der Waals surface area (Å²) in [5.41, 5.74) is 9.72. The second kappa shape index (κ2) is 7.16. The summed E-state index contributed by atoms with van der Waals surface area (Å²) in [5, 5.41) is 17.4. The van der Waals surface area contributed by atoms with Crippen molar-refractivity contribution in [1.29, 1.82) is 0 Å². The third-order valence-electron chi connectivity index (χ3n) is 4.59. The molecule has 0 atom stereocenters.